The molecule has 0 aliphatic carbocycles. The van der Waals surface area contributed by atoms with Crippen molar-refractivity contribution in [2.45, 2.75) is 25.6 Å². The average molecular weight is 323 g/mol. The van der Waals surface area contributed by atoms with E-state index in [1.165, 1.54) is 23.5 Å². The number of hydrogen-bond donors (Lipinski definition) is 1. The van der Waals surface area contributed by atoms with E-state index in [2.05, 4.69) is 15.5 Å². The van der Waals surface area contributed by atoms with Gasteiger partial charge in [0.25, 0.3) is 0 Å². The number of halogens is 1. The van der Waals surface area contributed by atoms with Crippen LogP contribution in [0.3, 0.4) is 0 Å². The van der Waals surface area contributed by atoms with Gasteiger partial charge in [0, 0.05) is 19.4 Å². The minimum Gasteiger partial charge on any atom is -0.360 e. The van der Waals surface area contributed by atoms with Crippen LogP contribution in [0.5, 0.6) is 0 Å². The molecule has 7 heteroatoms. The smallest absolute Gasteiger partial charge is 0.205 e. The Bertz CT molecular complexity index is 612. The maximum Gasteiger partial charge on any atom is 0.205 e. The highest BCUT2D eigenvalue weighted by atomic mass is 32.1. The molecule has 1 saturated heterocycles. The van der Waals surface area contributed by atoms with Gasteiger partial charge in [-0.05, 0) is 24.6 Å². The summed E-state index contributed by atoms with van der Waals surface area (Å²) in [5.74, 6) is -0.720. The molecule has 5 nitrogen and oxygen atoms in total. The van der Waals surface area contributed by atoms with Crippen molar-refractivity contribution >= 4 is 16.5 Å². The number of benzene rings is 1. The van der Waals surface area contributed by atoms with E-state index in [0.29, 0.717) is 26.2 Å². The van der Waals surface area contributed by atoms with Crippen LogP contribution in [-0.2, 0) is 15.9 Å². The highest BCUT2D eigenvalue weighted by molar-refractivity contribution is 7.15. The molecule has 1 fully saturated rings. The molecule has 3 rings (SSSR count). The fraction of sp³-hybridized carbons (Fsp3) is 0.467. The summed E-state index contributed by atoms with van der Waals surface area (Å²) in [4.78, 5) is 0. The molecule has 1 aliphatic heterocycles. The number of rotatable bonds is 6. The molecule has 1 aliphatic rings. The Morgan fingerprint density at radius 3 is 2.68 bits per heavy atom. The van der Waals surface area contributed by atoms with Crippen LogP contribution in [0.25, 0.3) is 0 Å². The molecule has 0 bridgehead atoms. The van der Waals surface area contributed by atoms with Gasteiger partial charge in [-0.2, -0.15) is 0 Å². The lowest BCUT2D eigenvalue weighted by molar-refractivity contribution is -0.144. The third-order valence-corrected chi connectivity index (χ3v) is 4.37. The first kappa shape index (κ1) is 15.3. The molecule has 1 aromatic heterocycles. The minimum absolute atomic E-state index is 0.229. The molecular formula is C15H18FN3O2S. The molecule has 1 N–H and O–H groups in total. The first-order valence-electron chi connectivity index (χ1n) is 7.22. The molecule has 0 unspecified atom stereocenters. The molecule has 0 saturated carbocycles. The molecule has 0 amide bonds. The maximum absolute atomic E-state index is 12.9. The summed E-state index contributed by atoms with van der Waals surface area (Å²) < 4.78 is 24.0. The summed E-state index contributed by atoms with van der Waals surface area (Å²) in [6.45, 7) is 3.96. The Morgan fingerprint density at radius 1 is 1.23 bits per heavy atom. The summed E-state index contributed by atoms with van der Waals surface area (Å²) in [6.07, 6.45) is 1.41. The van der Waals surface area contributed by atoms with E-state index in [9.17, 15) is 4.39 Å². The fourth-order valence-electron chi connectivity index (χ4n) is 2.27. The van der Waals surface area contributed by atoms with Crippen molar-refractivity contribution in [3.8, 4) is 0 Å². The van der Waals surface area contributed by atoms with Gasteiger partial charge >= 0.3 is 0 Å². The number of anilines is 1. The van der Waals surface area contributed by atoms with Gasteiger partial charge < -0.3 is 14.8 Å². The van der Waals surface area contributed by atoms with Gasteiger partial charge in [-0.3, -0.25) is 0 Å². The second kappa shape index (κ2) is 6.68. The number of nitrogens with zero attached hydrogens (tertiary/aromatic N) is 2. The zero-order chi connectivity index (χ0) is 15.4. The Balaban J connectivity index is 1.49. The molecule has 0 radical (unpaired) electrons. The van der Waals surface area contributed by atoms with Gasteiger partial charge in [0.15, 0.2) is 5.79 Å². The van der Waals surface area contributed by atoms with Crippen molar-refractivity contribution < 1.29 is 13.9 Å². The van der Waals surface area contributed by atoms with Crippen LogP contribution in [0.15, 0.2) is 24.3 Å². The molecule has 1 aromatic carbocycles. The highest BCUT2D eigenvalue weighted by Gasteiger charge is 2.30. The van der Waals surface area contributed by atoms with E-state index in [1.54, 1.807) is 12.1 Å². The van der Waals surface area contributed by atoms with Gasteiger partial charge in [0.1, 0.15) is 10.8 Å². The van der Waals surface area contributed by atoms with Crippen molar-refractivity contribution in [2.75, 3.05) is 25.1 Å². The minimum atomic E-state index is -0.491. The summed E-state index contributed by atoms with van der Waals surface area (Å²) >= 11 is 1.50. The van der Waals surface area contributed by atoms with E-state index >= 15 is 0 Å². The van der Waals surface area contributed by atoms with Crippen molar-refractivity contribution in [1.82, 2.24) is 10.2 Å². The molecule has 22 heavy (non-hydrogen) atoms. The second-order valence-corrected chi connectivity index (χ2v) is 6.37. The topological polar surface area (TPSA) is 56.3 Å². The molecule has 118 valence electrons. The summed E-state index contributed by atoms with van der Waals surface area (Å²) in [5.41, 5.74) is 1.02. The predicted octanol–water partition coefficient (Wildman–Crippen LogP) is 2.83. The SMILES string of the molecule is CC1(CCNc2nnc(Cc3ccc(F)cc3)s2)OCCO1. The van der Waals surface area contributed by atoms with Crippen LogP contribution in [-0.4, -0.2) is 35.7 Å². The van der Waals surface area contributed by atoms with Crippen molar-refractivity contribution in [2.24, 2.45) is 0 Å². The lowest BCUT2D eigenvalue weighted by atomic mass is 10.2. The summed E-state index contributed by atoms with van der Waals surface area (Å²) in [5, 5.41) is 13.2. The second-order valence-electron chi connectivity index (χ2n) is 5.31. The Labute approximate surface area is 132 Å². The van der Waals surface area contributed by atoms with Gasteiger partial charge in [-0.15, -0.1) is 10.2 Å². The van der Waals surface area contributed by atoms with Crippen molar-refractivity contribution in [3.63, 3.8) is 0 Å². The normalized spacial score (nSPS) is 16.8. The summed E-state index contributed by atoms with van der Waals surface area (Å²) in [7, 11) is 0. The molecule has 0 atom stereocenters. The van der Waals surface area contributed by atoms with Crippen LogP contribution in [0, 0.1) is 5.82 Å². The average Bonchev–Trinajstić information content (AvgIpc) is 3.12. The van der Waals surface area contributed by atoms with E-state index in [4.69, 9.17) is 9.47 Å². The largest absolute Gasteiger partial charge is 0.360 e. The lowest BCUT2D eigenvalue weighted by Crippen LogP contribution is -2.28. The first-order chi connectivity index (χ1) is 10.6. The van der Waals surface area contributed by atoms with Crippen molar-refractivity contribution in [1.29, 1.82) is 0 Å². The van der Waals surface area contributed by atoms with Crippen LogP contribution in [0.2, 0.25) is 0 Å². The predicted molar refractivity (Wildman–Crippen MR) is 82.5 cm³/mol. The Kier molecular flexibility index (Phi) is 4.66. The zero-order valence-electron chi connectivity index (χ0n) is 12.3. The highest BCUT2D eigenvalue weighted by Crippen LogP contribution is 2.23. The van der Waals surface area contributed by atoms with Crippen molar-refractivity contribution in [3.05, 3.63) is 40.7 Å². The molecule has 2 aromatic rings. The number of nitrogens with one attached hydrogen (secondary N) is 1. The van der Waals surface area contributed by atoms with Crippen LogP contribution in [0.4, 0.5) is 9.52 Å². The van der Waals surface area contributed by atoms with Gasteiger partial charge in [-0.1, -0.05) is 23.5 Å². The number of aromatic nitrogens is 2. The van der Waals surface area contributed by atoms with Crippen LogP contribution in [0.1, 0.15) is 23.9 Å². The Morgan fingerprint density at radius 2 is 1.95 bits per heavy atom. The fourth-order valence-corrected chi connectivity index (χ4v) is 3.07. The van der Waals surface area contributed by atoms with E-state index in [1.807, 2.05) is 6.92 Å². The van der Waals surface area contributed by atoms with E-state index in [-0.39, 0.29) is 5.82 Å². The maximum atomic E-state index is 12.9. The third-order valence-electron chi connectivity index (χ3n) is 3.49. The van der Waals surface area contributed by atoms with Crippen LogP contribution < -0.4 is 5.32 Å². The van der Waals surface area contributed by atoms with E-state index < -0.39 is 5.79 Å². The van der Waals surface area contributed by atoms with Crippen LogP contribution >= 0.6 is 11.3 Å². The van der Waals surface area contributed by atoms with E-state index in [0.717, 1.165) is 22.1 Å². The molecular weight excluding hydrogens is 305 g/mol. The lowest BCUT2D eigenvalue weighted by Gasteiger charge is -2.21. The number of ether oxygens (including phenoxy) is 2. The zero-order valence-corrected chi connectivity index (χ0v) is 13.2. The summed E-state index contributed by atoms with van der Waals surface area (Å²) in [6, 6.07) is 6.44. The third kappa shape index (κ3) is 4.00. The molecule has 0 spiro atoms. The molecule has 2 heterocycles. The Hall–Kier alpha value is -1.57. The number of hydrogen-bond acceptors (Lipinski definition) is 6. The van der Waals surface area contributed by atoms with Gasteiger partial charge in [0.05, 0.1) is 13.2 Å². The standard InChI is InChI=1S/C15H18FN3O2S/c1-15(20-8-9-21-15)6-7-17-14-19-18-13(22-14)10-11-2-4-12(16)5-3-11/h2-5H,6-10H2,1H3,(H,17,19). The van der Waals surface area contributed by atoms with Gasteiger partial charge in [-0.25, -0.2) is 4.39 Å². The monoisotopic (exact) mass is 323 g/mol. The van der Waals surface area contributed by atoms with Gasteiger partial charge in [0.2, 0.25) is 5.13 Å². The first-order valence-corrected chi connectivity index (χ1v) is 8.03. The quantitative estimate of drug-likeness (QED) is 0.886.